The Labute approximate surface area is 266 Å². The zero-order valence-electron chi connectivity index (χ0n) is 28.4. The standard InChI is InChI=1S/C38H49N5O2/c1-9-22-23(10-2)35-36(41-33(45)21-44)38-25(12-4)24(11-3)37(43(38)16-8)28(15-7)32-20-18-30(40-32)26(13-5)29-17-19-31(39-29)27(14-6)34(22)42-35/h17-20,39,42,44H,9-16,21H2,1-8H3. The van der Waals surface area contributed by atoms with Crippen LogP contribution in [-0.2, 0) is 56.3 Å². The van der Waals surface area contributed by atoms with Crippen molar-refractivity contribution in [1.29, 1.82) is 0 Å². The summed E-state index contributed by atoms with van der Waals surface area (Å²) >= 11 is 0. The van der Waals surface area contributed by atoms with Crippen molar-refractivity contribution in [1.82, 2.24) is 19.5 Å². The highest BCUT2D eigenvalue weighted by atomic mass is 16.3. The van der Waals surface area contributed by atoms with Crippen molar-refractivity contribution in [3.05, 3.63) is 67.8 Å². The summed E-state index contributed by atoms with van der Waals surface area (Å²) in [6, 6.07) is 4.36. The maximum Gasteiger partial charge on any atom is 0.272 e. The van der Waals surface area contributed by atoms with Gasteiger partial charge >= 0.3 is 0 Å². The molecule has 238 valence electrons. The summed E-state index contributed by atoms with van der Waals surface area (Å²) in [4.78, 5) is 30.6. The van der Waals surface area contributed by atoms with E-state index in [2.05, 4.69) is 94.2 Å². The molecule has 0 unspecified atom stereocenters. The summed E-state index contributed by atoms with van der Waals surface area (Å²) in [6.07, 6.45) is 10.1. The minimum atomic E-state index is -0.638. The number of aliphatic hydroxyl groups excluding tert-OH is 1. The number of aliphatic hydroxyl groups is 1. The largest absolute Gasteiger partial charge is 0.386 e. The highest BCUT2D eigenvalue weighted by Crippen LogP contribution is 2.33. The Morgan fingerprint density at radius 2 is 1.18 bits per heavy atom. The van der Waals surface area contributed by atoms with Gasteiger partial charge in [0.05, 0.1) is 27.9 Å². The average molecular weight is 608 g/mol. The van der Waals surface area contributed by atoms with Crippen LogP contribution in [0.5, 0.6) is 0 Å². The molecule has 45 heavy (non-hydrogen) atoms. The second kappa shape index (κ2) is 13.6. The molecule has 0 aliphatic carbocycles. The van der Waals surface area contributed by atoms with Crippen LogP contribution in [0.3, 0.4) is 0 Å². The lowest BCUT2D eigenvalue weighted by Gasteiger charge is -2.09. The Bertz CT molecular complexity index is 2000. The third kappa shape index (κ3) is 5.35. The number of H-pyrrole nitrogens is 2. The van der Waals surface area contributed by atoms with E-state index in [1.807, 2.05) is 0 Å². The highest BCUT2D eigenvalue weighted by molar-refractivity contribution is 5.88. The zero-order chi connectivity index (χ0) is 32.4. The van der Waals surface area contributed by atoms with Crippen LogP contribution in [0.1, 0.15) is 106 Å². The van der Waals surface area contributed by atoms with E-state index in [1.165, 1.54) is 44.5 Å². The third-order valence-electron chi connectivity index (χ3n) is 9.50. The molecule has 3 N–H and O–H groups in total. The third-order valence-corrected chi connectivity index (χ3v) is 9.50. The van der Waals surface area contributed by atoms with Crippen molar-refractivity contribution in [3.8, 4) is 0 Å². The molecule has 4 aromatic heterocycles. The summed E-state index contributed by atoms with van der Waals surface area (Å²) in [7, 11) is 0. The average Bonchev–Trinajstić information content (AvgIpc) is 3.85. The van der Waals surface area contributed by atoms with E-state index in [4.69, 9.17) is 9.98 Å². The van der Waals surface area contributed by atoms with Crippen LogP contribution in [0.2, 0.25) is 0 Å². The van der Waals surface area contributed by atoms with Gasteiger partial charge in [-0.15, -0.1) is 0 Å². The topological polar surface area (TPSA) is 99.1 Å². The summed E-state index contributed by atoms with van der Waals surface area (Å²) < 4.78 is 2.36. The van der Waals surface area contributed by atoms with Gasteiger partial charge in [-0.2, -0.15) is 0 Å². The molecule has 5 heterocycles. The maximum absolute atomic E-state index is 13.1. The Balaban J connectivity index is 2.28. The van der Waals surface area contributed by atoms with Crippen LogP contribution in [-0.4, -0.2) is 37.1 Å². The van der Waals surface area contributed by atoms with E-state index < -0.39 is 12.5 Å². The van der Waals surface area contributed by atoms with Crippen molar-refractivity contribution in [3.63, 3.8) is 0 Å². The van der Waals surface area contributed by atoms with Crippen LogP contribution in [0.15, 0.2) is 17.1 Å². The molecule has 4 aromatic rings. The van der Waals surface area contributed by atoms with E-state index in [9.17, 15) is 9.90 Å². The zero-order valence-corrected chi connectivity index (χ0v) is 28.4. The summed E-state index contributed by atoms with van der Waals surface area (Å²) in [6.45, 7) is 17.6. The van der Waals surface area contributed by atoms with Crippen LogP contribution in [0.4, 0.5) is 0 Å². The number of aromatic nitrogens is 4. The maximum atomic E-state index is 13.1. The van der Waals surface area contributed by atoms with Crippen molar-refractivity contribution < 1.29 is 9.90 Å². The number of nitrogens with one attached hydrogen (secondary N) is 2. The number of carbonyl (C=O) groups excluding carboxylic acids is 1. The lowest BCUT2D eigenvalue weighted by atomic mass is 10.0. The van der Waals surface area contributed by atoms with Gasteiger partial charge in [0.25, 0.3) is 5.91 Å². The molecule has 5 rings (SSSR count). The summed E-state index contributed by atoms with van der Waals surface area (Å²) in [5.74, 6) is -0.542. The first-order valence-corrected chi connectivity index (χ1v) is 17.0. The number of nitrogens with zero attached hydrogens (tertiary/aromatic N) is 3. The SMILES string of the molecule is CCc1c2nc(c(CC)c3c(CC)c(CC)c(c(=NC(=O)CO)c4[nH]c(c(CC)c4CC)c(CC)c4ccc1[nH]4)n3CC)C=C2. The van der Waals surface area contributed by atoms with Crippen molar-refractivity contribution in [2.45, 2.75) is 107 Å². The Hall–Kier alpha value is -3.97. The second-order valence-corrected chi connectivity index (χ2v) is 11.7. The number of amides is 1. The molecular formula is C38H49N5O2. The molecule has 8 bridgehead atoms. The number of fused-ring (bicyclic) bond motifs is 8. The number of carbonyl (C=O) groups is 1. The molecule has 0 spiro atoms. The Morgan fingerprint density at radius 1 is 0.667 bits per heavy atom. The fraction of sp³-hybridized carbons (Fsp3) is 0.447. The first-order chi connectivity index (χ1) is 21.8. The molecule has 0 saturated heterocycles. The monoisotopic (exact) mass is 607 g/mol. The lowest BCUT2D eigenvalue weighted by molar-refractivity contribution is -0.120. The molecule has 0 fully saturated rings. The van der Waals surface area contributed by atoms with Crippen molar-refractivity contribution in [2.75, 3.05) is 6.61 Å². The fourth-order valence-corrected chi connectivity index (χ4v) is 7.55. The number of aryl methyl sites for hydroxylation is 8. The van der Waals surface area contributed by atoms with Gasteiger partial charge in [0.2, 0.25) is 0 Å². The highest BCUT2D eigenvalue weighted by Gasteiger charge is 2.22. The molecule has 7 nitrogen and oxygen atoms in total. The number of rotatable bonds is 9. The van der Waals surface area contributed by atoms with Gasteiger partial charge in [0, 0.05) is 34.2 Å². The molecule has 1 amide bonds. The normalized spacial score (nSPS) is 12.6. The van der Waals surface area contributed by atoms with Gasteiger partial charge < -0.3 is 19.6 Å². The summed E-state index contributed by atoms with van der Waals surface area (Å²) in [5, 5.41) is 10.6. The van der Waals surface area contributed by atoms with Crippen LogP contribution < -0.4 is 5.36 Å². The van der Waals surface area contributed by atoms with E-state index in [0.717, 1.165) is 83.9 Å². The molecule has 0 radical (unpaired) electrons. The first kappa shape index (κ1) is 32.4. The summed E-state index contributed by atoms with van der Waals surface area (Å²) in [5.41, 5.74) is 16.8. The van der Waals surface area contributed by atoms with E-state index in [0.29, 0.717) is 11.9 Å². The minimum Gasteiger partial charge on any atom is -0.386 e. The second-order valence-electron chi connectivity index (χ2n) is 11.7. The molecule has 0 aromatic carbocycles. The molecule has 1 aliphatic heterocycles. The molecule has 0 atom stereocenters. The van der Waals surface area contributed by atoms with E-state index >= 15 is 0 Å². The van der Waals surface area contributed by atoms with Gasteiger partial charge in [-0.25, -0.2) is 9.98 Å². The van der Waals surface area contributed by atoms with Crippen LogP contribution in [0.25, 0.3) is 45.3 Å². The number of hydrogen-bond acceptors (Lipinski definition) is 3. The van der Waals surface area contributed by atoms with E-state index in [1.54, 1.807) is 0 Å². The van der Waals surface area contributed by atoms with E-state index in [-0.39, 0.29) is 0 Å². The van der Waals surface area contributed by atoms with Gasteiger partial charge in [-0.3, -0.25) is 4.79 Å². The van der Waals surface area contributed by atoms with Crippen molar-refractivity contribution >= 4 is 51.2 Å². The smallest absolute Gasteiger partial charge is 0.272 e. The van der Waals surface area contributed by atoms with Crippen LogP contribution >= 0.6 is 0 Å². The number of aromatic amines is 2. The fourth-order valence-electron chi connectivity index (χ4n) is 7.55. The molecule has 1 aliphatic rings. The van der Waals surface area contributed by atoms with Gasteiger partial charge in [-0.1, -0.05) is 48.5 Å². The van der Waals surface area contributed by atoms with Gasteiger partial charge in [0.1, 0.15) is 12.0 Å². The van der Waals surface area contributed by atoms with Gasteiger partial charge in [-0.05, 0) is 104 Å². The minimum absolute atomic E-state index is 0.542. The number of hydrogen-bond donors (Lipinski definition) is 3. The Kier molecular flexibility index (Phi) is 9.78. The van der Waals surface area contributed by atoms with Crippen molar-refractivity contribution in [2.24, 2.45) is 4.99 Å². The van der Waals surface area contributed by atoms with Crippen LogP contribution in [0, 0.1) is 0 Å². The lowest BCUT2D eigenvalue weighted by Crippen LogP contribution is -2.16. The quantitative estimate of drug-likeness (QED) is 0.161. The predicted molar refractivity (Wildman–Crippen MR) is 188 cm³/mol. The first-order valence-electron chi connectivity index (χ1n) is 17.0. The Morgan fingerprint density at radius 3 is 1.71 bits per heavy atom. The molecule has 0 saturated carbocycles. The predicted octanol–water partition coefficient (Wildman–Crippen LogP) is 7.55. The molecular weight excluding hydrogens is 558 g/mol. The van der Waals surface area contributed by atoms with Gasteiger partial charge in [0.15, 0.2) is 0 Å². The molecule has 7 heteroatoms.